The minimum absolute atomic E-state index is 0.00832. The molecule has 0 aliphatic rings. The van der Waals surface area contributed by atoms with Gasteiger partial charge in [-0.2, -0.15) is 0 Å². The van der Waals surface area contributed by atoms with Crippen LogP contribution in [0, 0.1) is 0 Å². The Balaban J connectivity index is 1.42. The van der Waals surface area contributed by atoms with Gasteiger partial charge in [-0.25, -0.2) is 14.8 Å². The van der Waals surface area contributed by atoms with Crippen molar-refractivity contribution in [1.82, 2.24) is 14.4 Å². The number of rotatable bonds is 7. The largest absolute Gasteiger partial charge is 0.496 e. The third-order valence-corrected chi connectivity index (χ3v) is 6.50. The number of carboxylic acid groups (broad SMARTS) is 1. The molecule has 0 aliphatic carbocycles. The first-order valence-electron chi connectivity index (χ1n) is 12.7. The Morgan fingerprint density at radius 3 is 2.45 bits per heavy atom. The number of imidazole rings is 1. The van der Waals surface area contributed by atoms with Gasteiger partial charge in [0.25, 0.3) is 5.91 Å². The lowest BCUT2D eigenvalue weighted by molar-refractivity contribution is 0.0693. The molecule has 0 saturated heterocycles. The highest BCUT2D eigenvalue weighted by Gasteiger charge is 2.16. The third kappa shape index (κ3) is 5.49. The Hall–Kier alpha value is -5.18. The molecule has 0 bridgehead atoms. The quantitative estimate of drug-likeness (QED) is 0.221. The summed E-state index contributed by atoms with van der Waals surface area (Å²) in [6.45, 7) is 6.40. The summed E-state index contributed by atoms with van der Waals surface area (Å²) in [4.78, 5) is 33.6. The molecule has 3 aromatic carbocycles. The standard InChI is InChI=1S/C31H29N5O4/c1-31(2,3)21-10-8-19(9-11-21)29(37)34-22-7-5-6-20(16-22)25-18-36-15-14-32-28(36)27(35-25)33-23-12-13-24(30(38)39)26(17-23)40-4/h5-18H,1-4H3,(H,33,35)(H,34,37)(H,38,39). The zero-order valence-corrected chi connectivity index (χ0v) is 22.6. The van der Waals surface area contributed by atoms with E-state index >= 15 is 0 Å². The van der Waals surface area contributed by atoms with Crippen LogP contribution in [-0.4, -0.2) is 38.5 Å². The molecule has 9 heteroatoms. The topological polar surface area (TPSA) is 118 Å². The number of aromatic nitrogens is 3. The summed E-state index contributed by atoms with van der Waals surface area (Å²) in [6, 6.07) is 19.8. The number of nitrogens with zero attached hydrogens (tertiary/aromatic N) is 3. The molecule has 2 heterocycles. The third-order valence-electron chi connectivity index (χ3n) is 6.50. The van der Waals surface area contributed by atoms with Crippen molar-refractivity contribution in [1.29, 1.82) is 0 Å². The number of carbonyl (C=O) groups is 2. The van der Waals surface area contributed by atoms with Gasteiger partial charge in [0.15, 0.2) is 11.5 Å². The van der Waals surface area contributed by atoms with E-state index in [0.29, 0.717) is 34.1 Å². The van der Waals surface area contributed by atoms with E-state index in [0.717, 1.165) is 11.1 Å². The first-order chi connectivity index (χ1) is 19.1. The van der Waals surface area contributed by atoms with Gasteiger partial charge in [-0.3, -0.25) is 4.79 Å². The molecule has 0 spiro atoms. The Kier molecular flexibility index (Phi) is 6.96. The van der Waals surface area contributed by atoms with Crippen molar-refractivity contribution >= 4 is 34.7 Å². The zero-order valence-electron chi connectivity index (χ0n) is 22.6. The van der Waals surface area contributed by atoms with Gasteiger partial charge in [0, 0.05) is 47.2 Å². The van der Waals surface area contributed by atoms with Gasteiger partial charge in [0.2, 0.25) is 0 Å². The molecule has 9 nitrogen and oxygen atoms in total. The summed E-state index contributed by atoms with van der Waals surface area (Å²) in [5.74, 6) is -0.574. The van der Waals surface area contributed by atoms with Crippen LogP contribution in [0.15, 0.2) is 85.3 Å². The molecular weight excluding hydrogens is 506 g/mol. The molecule has 5 aromatic rings. The fourth-order valence-corrected chi connectivity index (χ4v) is 4.32. The number of nitrogens with one attached hydrogen (secondary N) is 2. The minimum atomic E-state index is -1.08. The molecule has 2 aromatic heterocycles. The molecule has 0 radical (unpaired) electrons. The normalized spacial score (nSPS) is 11.3. The number of benzene rings is 3. The number of ether oxygens (including phenoxy) is 1. The number of anilines is 3. The first-order valence-corrected chi connectivity index (χ1v) is 12.7. The monoisotopic (exact) mass is 535 g/mol. The van der Waals surface area contributed by atoms with Crippen molar-refractivity contribution in [2.75, 3.05) is 17.7 Å². The van der Waals surface area contributed by atoms with Crippen molar-refractivity contribution < 1.29 is 19.4 Å². The molecule has 0 aliphatic heterocycles. The van der Waals surface area contributed by atoms with Crippen LogP contribution in [0.5, 0.6) is 5.75 Å². The van der Waals surface area contributed by atoms with Crippen LogP contribution in [0.4, 0.5) is 17.2 Å². The number of carboxylic acids is 1. The lowest BCUT2D eigenvalue weighted by atomic mass is 9.87. The Morgan fingerprint density at radius 1 is 0.975 bits per heavy atom. The fourth-order valence-electron chi connectivity index (χ4n) is 4.32. The van der Waals surface area contributed by atoms with Crippen molar-refractivity contribution in [2.45, 2.75) is 26.2 Å². The second-order valence-electron chi connectivity index (χ2n) is 10.3. The summed E-state index contributed by atoms with van der Waals surface area (Å²) in [5, 5.41) is 15.6. The van der Waals surface area contributed by atoms with E-state index in [4.69, 9.17) is 9.72 Å². The maximum absolute atomic E-state index is 12.9. The van der Waals surface area contributed by atoms with Crippen molar-refractivity contribution in [3.8, 4) is 17.0 Å². The predicted octanol–water partition coefficient (Wildman–Crippen LogP) is 6.40. The van der Waals surface area contributed by atoms with E-state index in [1.54, 1.807) is 18.3 Å². The second-order valence-corrected chi connectivity index (χ2v) is 10.3. The number of methoxy groups -OCH3 is 1. The van der Waals surface area contributed by atoms with Gasteiger partial charge in [-0.1, -0.05) is 45.0 Å². The molecule has 3 N–H and O–H groups in total. The lowest BCUT2D eigenvalue weighted by Crippen LogP contribution is -2.14. The Morgan fingerprint density at radius 2 is 1.75 bits per heavy atom. The summed E-state index contributed by atoms with van der Waals surface area (Å²) in [5.41, 5.74) is 5.06. The van der Waals surface area contributed by atoms with E-state index in [-0.39, 0.29) is 22.6 Å². The van der Waals surface area contributed by atoms with Gasteiger partial charge >= 0.3 is 5.97 Å². The summed E-state index contributed by atoms with van der Waals surface area (Å²) >= 11 is 0. The minimum Gasteiger partial charge on any atom is -0.496 e. The van der Waals surface area contributed by atoms with E-state index in [2.05, 4.69) is 36.4 Å². The molecule has 1 amide bonds. The van der Waals surface area contributed by atoms with Crippen molar-refractivity contribution in [3.05, 3.63) is 102 Å². The maximum atomic E-state index is 12.9. The first kappa shape index (κ1) is 26.4. The van der Waals surface area contributed by atoms with Crippen molar-refractivity contribution in [2.24, 2.45) is 0 Å². The maximum Gasteiger partial charge on any atom is 0.339 e. The average Bonchev–Trinajstić information content (AvgIpc) is 3.42. The zero-order chi connectivity index (χ0) is 28.4. The van der Waals surface area contributed by atoms with Gasteiger partial charge < -0.3 is 24.9 Å². The summed E-state index contributed by atoms with van der Waals surface area (Å²) in [6.07, 6.45) is 5.34. The van der Waals surface area contributed by atoms with E-state index in [1.807, 2.05) is 65.3 Å². The molecular formula is C31H29N5O4. The molecule has 5 rings (SSSR count). The van der Waals surface area contributed by atoms with E-state index < -0.39 is 5.97 Å². The van der Waals surface area contributed by atoms with Gasteiger partial charge in [-0.15, -0.1) is 0 Å². The number of fused-ring (bicyclic) bond motifs is 1. The van der Waals surface area contributed by atoms with Crippen LogP contribution >= 0.6 is 0 Å². The molecule has 0 fully saturated rings. The summed E-state index contributed by atoms with van der Waals surface area (Å²) < 4.78 is 7.09. The number of carbonyl (C=O) groups excluding carboxylic acids is 1. The van der Waals surface area contributed by atoms with Crippen LogP contribution in [-0.2, 0) is 5.41 Å². The fraction of sp³-hybridized carbons (Fsp3) is 0.161. The Labute approximate surface area is 231 Å². The predicted molar refractivity (Wildman–Crippen MR) is 155 cm³/mol. The molecule has 40 heavy (non-hydrogen) atoms. The molecule has 0 saturated carbocycles. The van der Waals surface area contributed by atoms with Crippen molar-refractivity contribution in [3.63, 3.8) is 0 Å². The highest BCUT2D eigenvalue weighted by molar-refractivity contribution is 6.04. The smallest absolute Gasteiger partial charge is 0.339 e. The SMILES string of the molecule is COc1cc(Nc2nc(-c3cccc(NC(=O)c4ccc(C(C)(C)C)cc4)c3)cn3ccnc23)ccc1C(=O)O. The van der Waals surface area contributed by atoms with Gasteiger partial charge in [-0.05, 0) is 47.4 Å². The Bertz CT molecular complexity index is 1720. The van der Waals surface area contributed by atoms with Crippen LogP contribution in [0.3, 0.4) is 0 Å². The average molecular weight is 536 g/mol. The lowest BCUT2D eigenvalue weighted by Gasteiger charge is -2.19. The van der Waals surface area contributed by atoms with Crippen LogP contribution in [0.1, 0.15) is 47.1 Å². The van der Waals surface area contributed by atoms with E-state index in [1.165, 1.54) is 13.2 Å². The van der Waals surface area contributed by atoms with Crippen LogP contribution in [0.25, 0.3) is 16.9 Å². The summed E-state index contributed by atoms with van der Waals surface area (Å²) in [7, 11) is 1.42. The second kappa shape index (κ2) is 10.5. The number of amides is 1. The number of aromatic carboxylic acids is 1. The van der Waals surface area contributed by atoms with E-state index in [9.17, 15) is 14.7 Å². The highest BCUT2D eigenvalue weighted by Crippen LogP contribution is 2.29. The van der Waals surface area contributed by atoms with Crippen LogP contribution < -0.4 is 15.4 Å². The molecule has 0 unspecified atom stereocenters. The number of hydrogen-bond acceptors (Lipinski definition) is 6. The van der Waals surface area contributed by atoms with Crippen LogP contribution in [0.2, 0.25) is 0 Å². The van der Waals surface area contributed by atoms with Gasteiger partial charge in [0.1, 0.15) is 11.3 Å². The molecule has 0 atom stereocenters. The highest BCUT2D eigenvalue weighted by atomic mass is 16.5. The number of hydrogen-bond donors (Lipinski definition) is 3. The van der Waals surface area contributed by atoms with Gasteiger partial charge in [0.05, 0.1) is 12.8 Å². The molecule has 202 valence electrons.